The van der Waals surface area contributed by atoms with E-state index >= 15 is 0 Å². The van der Waals surface area contributed by atoms with Crippen LogP contribution in [0.1, 0.15) is 53.3 Å². The Morgan fingerprint density at radius 2 is 1.75 bits per heavy atom. The third-order valence-corrected chi connectivity index (χ3v) is 4.47. The molecule has 154 valence electrons. The van der Waals surface area contributed by atoms with Gasteiger partial charge < -0.3 is 14.8 Å². The summed E-state index contributed by atoms with van der Waals surface area (Å²) in [6.07, 6.45) is 1.30. The summed E-state index contributed by atoms with van der Waals surface area (Å²) in [6, 6.07) is 7.80. The van der Waals surface area contributed by atoms with Gasteiger partial charge in [-0.05, 0) is 30.4 Å². The second-order valence-electron chi connectivity index (χ2n) is 8.22. The van der Waals surface area contributed by atoms with Crippen LogP contribution in [0.15, 0.2) is 24.3 Å². The van der Waals surface area contributed by atoms with Gasteiger partial charge in [0.2, 0.25) is 11.8 Å². The number of benzene rings is 1. The molecule has 28 heavy (non-hydrogen) atoms. The van der Waals surface area contributed by atoms with Crippen LogP contribution < -0.4 is 5.32 Å². The molecule has 2 amide bonds. The van der Waals surface area contributed by atoms with E-state index in [2.05, 4.69) is 38.0 Å². The van der Waals surface area contributed by atoms with E-state index in [4.69, 9.17) is 0 Å². The molecule has 0 radical (unpaired) electrons. The first-order chi connectivity index (χ1) is 13.3. The second-order valence-corrected chi connectivity index (χ2v) is 8.22. The first-order valence-corrected chi connectivity index (χ1v) is 10.3. The quantitative estimate of drug-likeness (QED) is 0.678. The monoisotopic (exact) mass is 386 g/mol. The molecular weight excluding hydrogens is 352 g/mol. The van der Waals surface area contributed by atoms with Crippen molar-refractivity contribution in [3.05, 3.63) is 30.1 Å². The van der Waals surface area contributed by atoms with Crippen molar-refractivity contribution in [1.82, 2.24) is 19.8 Å². The van der Waals surface area contributed by atoms with Crippen LogP contribution in [0, 0.1) is 11.8 Å². The number of para-hydroxylation sites is 2. The zero-order chi connectivity index (χ0) is 20.7. The molecule has 0 saturated heterocycles. The predicted molar refractivity (Wildman–Crippen MR) is 113 cm³/mol. The number of hydrogen-bond acceptors (Lipinski definition) is 3. The lowest BCUT2D eigenvalue weighted by molar-refractivity contribution is -0.132. The van der Waals surface area contributed by atoms with Gasteiger partial charge in [0.1, 0.15) is 12.4 Å². The number of fused-ring (bicyclic) bond motifs is 1. The molecule has 2 rings (SSSR count). The summed E-state index contributed by atoms with van der Waals surface area (Å²) < 4.78 is 1.94. The summed E-state index contributed by atoms with van der Waals surface area (Å²) in [5.41, 5.74) is 1.76. The van der Waals surface area contributed by atoms with Crippen molar-refractivity contribution in [3.63, 3.8) is 0 Å². The predicted octanol–water partition coefficient (Wildman–Crippen LogP) is 3.59. The molecule has 0 bridgehead atoms. The van der Waals surface area contributed by atoms with E-state index in [9.17, 15) is 9.59 Å². The summed E-state index contributed by atoms with van der Waals surface area (Å²) in [4.78, 5) is 31.6. The fourth-order valence-corrected chi connectivity index (χ4v) is 3.32. The highest BCUT2D eigenvalue weighted by atomic mass is 16.2. The van der Waals surface area contributed by atoms with Crippen LogP contribution in [0.3, 0.4) is 0 Å². The maximum absolute atomic E-state index is 13.1. The molecule has 0 spiro atoms. The standard InChI is InChI=1S/C22H34N4O2/c1-6-9-21(27)23-12-20-24-18-10-7-8-11-19(18)26(20)15-22(28)25(13-16(2)3)14-17(4)5/h7-8,10-11,16-17H,6,9,12-15H2,1-5H3,(H,23,27). The van der Waals surface area contributed by atoms with Gasteiger partial charge >= 0.3 is 0 Å². The molecule has 2 aromatic rings. The number of amides is 2. The van der Waals surface area contributed by atoms with E-state index in [0.29, 0.717) is 30.6 Å². The van der Waals surface area contributed by atoms with E-state index < -0.39 is 0 Å². The minimum absolute atomic E-state index is 0.00803. The minimum atomic E-state index is 0.00803. The van der Waals surface area contributed by atoms with E-state index in [1.807, 2.05) is 40.7 Å². The molecule has 0 unspecified atom stereocenters. The molecule has 1 heterocycles. The molecule has 1 aromatic carbocycles. The smallest absolute Gasteiger partial charge is 0.242 e. The Labute approximate surface area is 168 Å². The molecule has 6 heteroatoms. The lowest BCUT2D eigenvalue weighted by Gasteiger charge is -2.27. The molecule has 0 saturated carbocycles. The van der Waals surface area contributed by atoms with Crippen LogP contribution >= 0.6 is 0 Å². The first-order valence-electron chi connectivity index (χ1n) is 10.3. The van der Waals surface area contributed by atoms with Gasteiger partial charge in [-0.2, -0.15) is 0 Å². The van der Waals surface area contributed by atoms with Gasteiger partial charge in [0, 0.05) is 19.5 Å². The van der Waals surface area contributed by atoms with E-state index in [1.54, 1.807) is 0 Å². The Balaban J connectivity index is 2.26. The minimum Gasteiger partial charge on any atom is -0.349 e. The van der Waals surface area contributed by atoms with Crippen LogP contribution in [0.5, 0.6) is 0 Å². The molecule has 0 aliphatic rings. The highest BCUT2D eigenvalue weighted by molar-refractivity contribution is 5.81. The van der Waals surface area contributed by atoms with Crippen molar-refractivity contribution in [2.75, 3.05) is 13.1 Å². The van der Waals surface area contributed by atoms with E-state index in [0.717, 1.165) is 30.5 Å². The van der Waals surface area contributed by atoms with Crippen molar-refractivity contribution >= 4 is 22.8 Å². The van der Waals surface area contributed by atoms with Crippen LogP contribution in [-0.2, 0) is 22.7 Å². The van der Waals surface area contributed by atoms with Crippen LogP contribution in [0.4, 0.5) is 0 Å². The Hall–Kier alpha value is -2.37. The number of nitrogens with zero attached hydrogens (tertiary/aromatic N) is 3. The average molecular weight is 387 g/mol. The maximum Gasteiger partial charge on any atom is 0.242 e. The number of nitrogens with one attached hydrogen (secondary N) is 1. The fraction of sp³-hybridized carbons (Fsp3) is 0.591. The number of rotatable bonds is 10. The summed E-state index contributed by atoms with van der Waals surface area (Å²) in [5, 5.41) is 2.92. The summed E-state index contributed by atoms with van der Waals surface area (Å²) in [6.45, 7) is 12.5. The molecule has 1 aromatic heterocycles. The summed E-state index contributed by atoms with van der Waals surface area (Å²) >= 11 is 0. The van der Waals surface area contributed by atoms with Gasteiger partial charge in [0.15, 0.2) is 0 Å². The fourth-order valence-electron chi connectivity index (χ4n) is 3.32. The molecule has 6 nitrogen and oxygen atoms in total. The number of hydrogen-bond donors (Lipinski definition) is 1. The van der Waals surface area contributed by atoms with Gasteiger partial charge in [0.25, 0.3) is 0 Å². The largest absolute Gasteiger partial charge is 0.349 e. The molecule has 0 atom stereocenters. The van der Waals surface area contributed by atoms with E-state index in [-0.39, 0.29) is 18.4 Å². The molecular formula is C22H34N4O2. The van der Waals surface area contributed by atoms with Gasteiger partial charge in [-0.3, -0.25) is 9.59 Å². The SMILES string of the molecule is CCCC(=O)NCc1nc2ccccc2n1CC(=O)N(CC(C)C)CC(C)C. The summed E-state index contributed by atoms with van der Waals surface area (Å²) in [5.74, 6) is 1.64. The van der Waals surface area contributed by atoms with Crippen molar-refractivity contribution in [1.29, 1.82) is 0 Å². The topological polar surface area (TPSA) is 67.2 Å². The third kappa shape index (κ3) is 6.08. The average Bonchev–Trinajstić information content (AvgIpc) is 2.96. The van der Waals surface area contributed by atoms with Gasteiger partial charge in [0.05, 0.1) is 17.6 Å². The summed E-state index contributed by atoms with van der Waals surface area (Å²) in [7, 11) is 0. The van der Waals surface area contributed by atoms with Crippen molar-refractivity contribution < 1.29 is 9.59 Å². The Bertz CT molecular complexity index is 785. The van der Waals surface area contributed by atoms with Gasteiger partial charge in [-0.1, -0.05) is 46.8 Å². The number of aromatic nitrogens is 2. The van der Waals surface area contributed by atoms with Crippen LogP contribution in [-0.4, -0.2) is 39.4 Å². The molecule has 0 aliphatic heterocycles. The molecule has 1 N–H and O–H groups in total. The van der Waals surface area contributed by atoms with Gasteiger partial charge in [-0.25, -0.2) is 4.98 Å². The zero-order valence-corrected chi connectivity index (χ0v) is 17.9. The Kier molecular flexibility index (Phi) is 8.03. The molecule has 0 aliphatic carbocycles. The van der Waals surface area contributed by atoms with Crippen molar-refractivity contribution in [3.8, 4) is 0 Å². The van der Waals surface area contributed by atoms with Crippen molar-refractivity contribution in [2.45, 2.75) is 60.5 Å². The van der Waals surface area contributed by atoms with Crippen LogP contribution in [0.2, 0.25) is 0 Å². The van der Waals surface area contributed by atoms with Gasteiger partial charge in [-0.15, -0.1) is 0 Å². The van der Waals surface area contributed by atoms with Crippen LogP contribution in [0.25, 0.3) is 11.0 Å². The lowest BCUT2D eigenvalue weighted by Crippen LogP contribution is -2.39. The number of imidazole rings is 1. The van der Waals surface area contributed by atoms with E-state index in [1.165, 1.54) is 0 Å². The normalized spacial score (nSPS) is 11.4. The Morgan fingerprint density at radius 3 is 2.36 bits per heavy atom. The second kappa shape index (κ2) is 10.2. The highest BCUT2D eigenvalue weighted by Gasteiger charge is 2.20. The van der Waals surface area contributed by atoms with Crippen molar-refractivity contribution in [2.24, 2.45) is 11.8 Å². The number of carbonyl (C=O) groups is 2. The molecule has 0 fully saturated rings. The maximum atomic E-state index is 13.1. The third-order valence-electron chi connectivity index (χ3n) is 4.47. The highest BCUT2D eigenvalue weighted by Crippen LogP contribution is 2.17. The Morgan fingerprint density at radius 1 is 1.11 bits per heavy atom. The number of carbonyl (C=O) groups excluding carboxylic acids is 2. The lowest BCUT2D eigenvalue weighted by atomic mass is 10.1. The first kappa shape index (κ1) is 21.9. The zero-order valence-electron chi connectivity index (χ0n) is 17.9.